The van der Waals surface area contributed by atoms with Crippen molar-refractivity contribution < 1.29 is 4.79 Å². The Morgan fingerprint density at radius 3 is 2.71 bits per heavy atom. The van der Waals surface area contributed by atoms with Crippen LogP contribution in [0.1, 0.15) is 42.5 Å². The molecule has 0 bridgehead atoms. The number of hydrogen-bond acceptors (Lipinski definition) is 5. The molecule has 1 aromatic carbocycles. The molecule has 1 atom stereocenters. The summed E-state index contributed by atoms with van der Waals surface area (Å²) in [5.41, 5.74) is 11.1. The van der Waals surface area contributed by atoms with E-state index in [-0.39, 0.29) is 6.03 Å². The van der Waals surface area contributed by atoms with Crippen molar-refractivity contribution in [2.75, 3.05) is 24.1 Å². The van der Waals surface area contributed by atoms with Crippen LogP contribution in [0, 0.1) is 0 Å². The third-order valence-corrected chi connectivity index (χ3v) is 7.23. The van der Waals surface area contributed by atoms with Gasteiger partial charge < -0.3 is 10.6 Å². The third-order valence-electron chi connectivity index (χ3n) is 6.34. The number of thiophene rings is 1. The van der Waals surface area contributed by atoms with E-state index in [1.807, 2.05) is 28.5 Å². The van der Waals surface area contributed by atoms with Crippen molar-refractivity contribution in [1.29, 1.82) is 0 Å². The Bertz CT molecular complexity index is 1090. The summed E-state index contributed by atoms with van der Waals surface area (Å²) in [5, 5.41) is 4.92. The first-order valence-electron chi connectivity index (χ1n) is 10.8. The van der Waals surface area contributed by atoms with E-state index in [0.29, 0.717) is 30.6 Å². The highest BCUT2D eigenvalue weighted by atomic mass is 32.1. The highest BCUT2D eigenvalue weighted by Gasteiger charge is 2.26. The van der Waals surface area contributed by atoms with Gasteiger partial charge >= 0.3 is 6.03 Å². The monoisotopic (exact) mass is 433 g/mol. The zero-order valence-corrected chi connectivity index (χ0v) is 18.5. The molecule has 0 radical (unpaired) electrons. The van der Waals surface area contributed by atoms with Crippen LogP contribution in [0.3, 0.4) is 0 Å². The number of likely N-dealkylation sites (tertiary alicyclic amines) is 1. The highest BCUT2D eigenvalue weighted by molar-refractivity contribution is 7.13. The molecule has 1 fully saturated rings. The van der Waals surface area contributed by atoms with E-state index in [2.05, 4.69) is 40.3 Å². The van der Waals surface area contributed by atoms with Gasteiger partial charge in [-0.2, -0.15) is 0 Å². The topological polar surface area (TPSA) is 74.5 Å². The molecule has 2 aromatic heterocycles. The summed E-state index contributed by atoms with van der Waals surface area (Å²) in [6, 6.07) is 14.6. The lowest BCUT2D eigenvalue weighted by atomic mass is 10.0. The van der Waals surface area contributed by atoms with E-state index in [9.17, 15) is 4.79 Å². The van der Waals surface area contributed by atoms with Crippen LogP contribution in [0.4, 0.5) is 16.3 Å². The Balaban J connectivity index is 1.29. The summed E-state index contributed by atoms with van der Waals surface area (Å²) in [5.74, 6) is 0.412. The number of anilines is 2. The Kier molecular flexibility index (Phi) is 5.38. The summed E-state index contributed by atoms with van der Waals surface area (Å²) in [7, 11) is 0. The molecule has 0 spiro atoms. The second-order valence-electron chi connectivity index (χ2n) is 8.35. The number of nitrogens with two attached hydrogens (primary N) is 1. The SMILES string of the molecule is CC(c1ccc2c(c1)CN(C(=O)Nc1nc(-c3cccs3)ccc1N)C2)N1CCCC1. The molecule has 3 aromatic rings. The molecule has 2 amide bonds. The Morgan fingerprint density at radius 1 is 1.13 bits per heavy atom. The molecule has 31 heavy (non-hydrogen) atoms. The van der Waals surface area contributed by atoms with Gasteiger partial charge in [0.2, 0.25) is 0 Å². The smallest absolute Gasteiger partial charge is 0.323 e. The fraction of sp³-hybridized carbons (Fsp3) is 0.333. The second-order valence-corrected chi connectivity index (χ2v) is 9.29. The minimum atomic E-state index is -0.173. The van der Waals surface area contributed by atoms with E-state index < -0.39 is 0 Å². The van der Waals surface area contributed by atoms with Crippen LogP contribution in [0.2, 0.25) is 0 Å². The number of hydrogen-bond donors (Lipinski definition) is 2. The number of pyridine rings is 1. The Labute approximate surface area is 186 Å². The predicted molar refractivity (Wildman–Crippen MR) is 126 cm³/mol. The molecule has 5 rings (SSSR count). The molecule has 0 saturated carbocycles. The van der Waals surface area contributed by atoms with Gasteiger partial charge in [-0.05, 0) is 73.1 Å². The maximum Gasteiger partial charge on any atom is 0.323 e. The van der Waals surface area contributed by atoms with Gasteiger partial charge in [0.1, 0.15) is 0 Å². The second kappa shape index (κ2) is 8.32. The number of benzene rings is 1. The molecule has 6 nitrogen and oxygen atoms in total. The molecule has 1 unspecified atom stereocenters. The molecule has 3 N–H and O–H groups in total. The van der Waals surface area contributed by atoms with Crippen LogP contribution < -0.4 is 11.1 Å². The largest absolute Gasteiger partial charge is 0.396 e. The van der Waals surface area contributed by atoms with Crippen molar-refractivity contribution in [2.45, 2.75) is 38.9 Å². The first kappa shape index (κ1) is 20.0. The summed E-state index contributed by atoms with van der Waals surface area (Å²) in [4.78, 5) is 22.9. The highest BCUT2D eigenvalue weighted by Crippen LogP contribution is 2.31. The van der Waals surface area contributed by atoms with Gasteiger partial charge in [-0.1, -0.05) is 24.3 Å². The molecule has 160 valence electrons. The maximum atomic E-state index is 13.0. The van der Waals surface area contributed by atoms with Crippen molar-refractivity contribution in [1.82, 2.24) is 14.8 Å². The lowest BCUT2D eigenvalue weighted by molar-refractivity contribution is 0.212. The van der Waals surface area contributed by atoms with E-state index in [1.165, 1.54) is 42.6 Å². The summed E-state index contributed by atoms with van der Waals surface area (Å²) >= 11 is 1.61. The fourth-order valence-electron chi connectivity index (χ4n) is 4.47. The third kappa shape index (κ3) is 4.03. The number of nitrogens with one attached hydrogen (secondary N) is 1. The van der Waals surface area contributed by atoms with E-state index >= 15 is 0 Å². The van der Waals surface area contributed by atoms with E-state index in [4.69, 9.17) is 5.73 Å². The molecule has 1 saturated heterocycles. The average molecular weight is 434 g/mol. The minimum absolute atomic E-state index is 0.173. The molecular formula is C24H27N5OS. The van der Waals surface area contributed by atoms with Crippen LogP contribution >= 0.6 is 11.3 Å². The number of fused-ring (bicyclic) bond motifs is 1. The molecule has 2 aliphatic heterocycles. The van der Waals surface area contributed by atoms with Gasteiger partial charge in [0.05, 0.1) is 16.3 Å². The van der Waals surface area contributed by atoms with Crippen LogP contribution in [-0.2, 0) is 13.1 Å². The fourth-order valence-corrected chi connectivity index (χ4v) is 5.16. The minimum Gasteiger partial charge on any atom is -0.396 e. The molecule has 7 heteroatoms. The summed E-state index contributed by atoms with van der Waals surface area (Å²) < 4.78 is 0. The zero-order valence-electron chi connectivity index (χ0n) is 17.7. The number of rotatable bonds is 4. The van der Waals surface area contributed by atoms with Gasteiger partial charge in [0, 0.05) is 19.1 Å². The van der Waals surface area contributed by atoms with Crippen LogP contribution in [0.5, 0.6) is 0 Å². The zero-order chi connectivity index (χ0) is 21.4. The van der Waals surface area contributed by atoms with E-state index in [1.54, 1.807) is 17.4 Å². The lowest BCUT2D eigenvalue weighted by Gasteiger charge is -2.24. The number of carbonyl (C=O) groups is 1. The number of urea groups is 1. The normalized spacial score (nSPS) is 17.0. The quantitative estimate of drug-likeness (QED) is 0.600. The molecule has 4 heterocycles. The van der Waals surface area contributed by atoms with Crippen molar-refractivity contribution >= 4 is 28.9 Å². The van der Waals surface area contributed by atoms with Crippen molar-refractivity contribution in [3.05, 3.63) is 64.5 Å². The van der Waals surface area contributed by atoms with Gasteiger partial charge in [-0.3, -0.25) is 10.2 Å². The predicted octanol–water partition coefficient (Wildman–Crippen LogP) is 5.10. The number of amides is 2. The van der Waals surface area contributed by atoms with Gasteiger partial charge in [-0.25, -0.2) is 9.78 Å². The summed E-state index contributed by atoms with van der Waals surface area (Å²) in [6.07, 6.45) is 2.57. The van der Waals surface area contributed by atoms with Crippen LogP contribution in [0.15, 0.2) is 47.8 Å². The molecule has 2 aliphatic rings. The van der Waals surface area contributed by atoms with Gasteiger partial charge in [0.15, 0.2) is 5.82 Å². The first-order chi connectivity index (χ1) is 15.1. The lowest BCUT2D eigenvalue weighted by Crippen LogP contribution is -2.30. The van der Waals surface area contributed by atoms with Crippen LogP contribution in [-0.4, -0.2) is 33.9 Å². The number of carbonyl (C=O) groups excluding carboxylic acids is 1. The number of aromatic nitrogens is 1. The maximum absolute atomic E-state index is 13.0. The van der Waals surface area contributed by atoms with Crippen LogP contribution in [0.25, 0.3) is 10.6 Å². The van der Waals surface area contributed by atoms with Gasteiger partial charge in [-0.15, -0.1) is 11.3 Å². The first-order valence-corrected chi connectivity index (χ1v) is 11.7. The average Bonchev–Trinajstić information content (AvgIpc) is 3.55. The molecular weight excluding hydrogens is 406 g/mol. The number of nitrogens with zero attached hydrogens (tertiary/aromatic N) is 3. The van der Waals surface area contributed by atoms with Crippen molar-refractivity contribution in [3.63, 3.8) is 0 Å². The summed E-state index contributed by atoms with van der Waals surface area (Å²) in [6.45, 7) is 5.83. The molecule has 0 aliphatic carbocycles. The Morgan fingerprint density at radius 2 is 1.94 bits per heavy atom. The van der Waals surface area contributed by atoms with Crippen molar-refractivity contribution in [2.24, 2.45) is 0 Å². The standard InChI is InChI=1S/C24H27N5OS/c1-16(28-10-2-3-11-28)17-6-7-18-14-29(15-19(18)13-17)24(30)27-23-20(25)8-9-21(26-23)22-5-4-12-31-22/h4-9,12-13,16H,2-3,10-11,14-15,25H2,1H3,(H,26,27,30). The van der Waals surface area contributed by atoms with Crippen molar-refractivity contribution in [3.8, 4) is 10.6 Å². The number of nitrogen functional groups attached to an aromatic ring is 1. The van der Waals surface area contributed by atoms with E-state index in [0.717, 1.165) is 10.6 Å². The Hall–Kier alpha value is -2.90. The van der Waals surface area contributed by atoms with Gasteiger partial charge in [0.25, 0.3) is 0 Å².